The first-order valence-corrected chi connectivity index (χ1v) is 4.27. The number of aromatic hydroxyl groups is 1. The summed E-state index contributed by atoms with van der Waals surface area (Å²) in [7, 11) is 0. The van der Waals surface area contributed by atoms with Crippen LogP contribution in [0.25, 0.3) is 0 Å². The number of phenols is 1. The average molecular weight is 196 g/mol. The maximum atomic E-state index is 11.0. The Morgan fingerprint density at radius 3 is 2.36 bits per heavy atom. The number of hydrogen-bond acceptors (Lipinski definition) is 4. The zero-order valence-electron chi connectivity index (χ0n) is 8.06. The van der Waals surface area contributed by atoms with Crippen molar-refractivity contribution >= 4 is 5.97 Å². The lowest BCUT2D eigenvalue weighted by molar-refractivity contribution is -0.217. The van der Waals surface area contributed by atoms with Crippen LogP contribution in [0.2, 0.25) is 0 Å². The SMILES string of the molecule is CC(C)C(=O)OOc1ccc(O)cc1. The van der Waals surface area contributed by atoms with Gasteiger partial charge in [0.25, 0.3) is 0 Å². The lowest BCUT2D eigenvalue weighted by atomic mass is 10.2. The van der Waals surface area contributed by atoms with Gasteiger partial charge in [0, 0.05) is 0 Å². The van der Waals surface area contributed by atoms with E-state index in [1.807, 2.05) is 0 Å². The highest BCUT2D eigenvalue weighted by molar-refractivity contribution is 5.70. The molecule has 1 aromatic rings. The highest BCUT2D eigenvalue weighted by Gasteiger charge is 2.10. The van der Waals surface area contributed by atoms with Crippen LogP contribution in [0.15, 0.2) is 24.3 Å². The van der Waals surface area contributed by atoms with Crippen molar-refractivity contribution in [1.29, 1.82) is 0 Å². The minimum Gasteiger partial charge on any atom is -0.508 e. The van der Waals surface area contributed by atoms with Crippen molar-refractivity contribution in [1.82, 2.24) is 0 Å². The largest absolute Gasteiger partial charge is 0.508 e. The molecule has 0 radical (unpaired) electrons. The summed E-state index contributed by atoms with van der Waals surface area (Å²) in [5.74, 6) is -0.158. The van der Waals surface area contributed by atoms with E-state index in [1.165, 1.54) is 24.3 Å². The quantitative estimate of drug-likeness (QED) is 0.592. The Hall–Kier alpha value is -1.71. The standard InChI is InChI=1S/C10H12O4/c1-7(2)10(12)14-13-9-5-3-8(11)4-6-9/h3-7,11H,1-2H3. The van der Waals surface area contributed by atoms with E-state index < -0.39 is 5.97 Å². The van der Waals surface area contributed by atoms with Gasteiger partial charge in [-0.3, -0.25) is 9.78 Å². The number of phenolic OH excluding ortho intramolecular Hbond substituents is 1. The fourth-order valence-corrected chi connectivity index (χ4v) is 0.687. The maximum absolute atomic E-state index is 11.0. The summed E-state index contributed by atoms with van der Waals surface area (Å²) in [6.07, 6.45) is 0. The molecule has 0 unspecified atom stereocenters. The molecule has 0 amide bonds. The van der Waals surface area contributed by atoms with Crippen LogP contribution in [0.5, 0.6) is 11.5 Å². The summed E-state index contributed by atoms with van der Waals surface area (Å²) in [5, 5.41) is 8.96. The summed E-state index contributed by atoms with van der Waals surface area (Å²) < 4.78 is 0. The van der Waals surface area contributed by atoms with E-state index in [1.54, 1.807) is 13.8 Å². The van der Waals surface area contributed by atoms with Crippen LogP contribution in [0.4, 0.5) is 0 Å². The molecule has 1 rings (SSSR count). The van der Waals surface area contributed by atoms with Gasteiger partial charge < -0.3 is 5.11 Å². The molecular weight excluding hydrogens is 184 g/mol. The van der Waals surface area contributed by atoms with Gasteiger partial charge in [-0.15, -0.1) is 0 Å². The Bertz CT molecular complexity index is 302. The molecule has 0 bridgehead atoms. The second-order valence-electron chi connectivity index (χ2n) is 3.13. The average Bonchev–Trinajstić information content (AvgIpc) is 2.16. The summed E-state index contributed by atoms with van der Waals surface area (Å²) in [6.45, 7) is 3.42. The molecule has 0 aromatic heterocycles. The Kier molecular flexibility index (Phi) is 3.34. The molecule has 0 fully saturated rings. The van der Waals surface area contributed by atoms with Crippen molar-refractivity contribution in [3.63, 3.8) is 0 Å². The lowest BCUT2D eigenvalue weighted by Crippen LogP contribution is -2.13. The Morgan fingerprint density at radius 1 is 1.29 bits per heavy atom. The van der Waals surface area contributed by atoms with Gasteiger partial charge in [-0.05, 0) is 24.3 Å². The van der Waals surface area contributed by atoms with Gasteiger partial charge in [-0.1, -0.05) is 13.8 Å². The zero-order chi connectivity index (χ0) is 10.6. The van der Waals surface area contributed by atoms with Crippen molar-refractivity contribution in [2.45, 2.75) is 13.8 Å². The van der Waals surface area contributed by atoms with Crippen LogP contribution in [-0.4, -0.2) is 11.1 Å². The molecule has 0 spiro atoms. The Labute approximate surface area is 82.0 Å². The molecule has 4 heteroatoms. The fraction of sp³-hybridized carbons (Fsp3) is 0.300. The van der Waals surface area contributed by atoms with Gasteiger partial charge in [0.1, 0.15) is 5.75 Å². The molecule has 0 saturated heterocycles. The van der Waals surface area contributed by atoms with E-state index in [0.29, 0.717) is 5.75 Å². The molecular formula is C10H12O4. The monoisotopic (exact) mass is 196 g/mol. The van der Waals surface area contributed by atoms with Crippen LogP contribution < -0.4 is 4.89 Å². The third kappa shape index (κ3) is 2.97. The molecule has 0 saturated carbocycles. The number of benzene rings is 1. The number of hydrogen-bond donors (Lipinski definition) is 1. The summed E-state index contributed by atoms with van der Waals surface area (Å²) >= 11 is 0. The van der Waals surface area contributed by atoms with Crippen LogP contribution in [0.1, 0.15) is 13.8 Å². The minimum absolute atomic E-state index is 0.132. The van der Waals surface area contributed by atoms with Crippen LogP contribution >= 0.6 is 0 Å². The van der Waals surface area contributed by atoms with Crippen LogP contribution in [-0.2, 0) is 9.68 Å². The van der Waals surface area contributed by atoms with Crippen molar-refractivity contribution in [3.8, 4) is 11.5 Å². The topological polar surface area (TPSA) is 55.8 Å². The summed E-state index contributed by atoms with van der Waals surface area (Å²) in [5.41, 5.74) is 0. The van der Waals surface area contributed by atoms with Gasteiger partial charge in [-0.25, -0.2) is 4.79 Å². The molecule has 14 heavy (non-hydrogen) atoms. The van der Waals surface area contributed by atoms with E-state index in [0.717, 1.165) is 0 Å². The summed E-state index contributed by atoms with van der Waals surface area (Å²) in [6, 6.07) is 5.89. The predicted molar refractivity (Wildman–Crippen MR) is 49.7 cm³/mol. The first-order chi connectivity index (χ1) is 6.59. The van der Waals surface area contributed by atoms with Crippen molar-refractivity contribution in [2.75, 3.05) is 0 Å². The fourth-order valence-electron chi connectivity index (χ4n) is 0.687. The second-order valence-corrected chi connectivity index (χ2v) is 3.13. The maximum Gasteiger partial charge on any atom is 0.357 e. The highest BCUT2D eigenvalue weighted by atomic mass is 17.2. The first kappa shape index (κ1) is 10.4. The Morgan fingerprint density at radius 2 is 1.86 bits per heavy atom. The van der Waals surface area contributed by atoms with Crippen molar-refractivity contribution in [2.24, 2.45) is 5.92 Å². The molecule has 0 aliphatic heterocycles. The van der Waals surface area contributed by atoms with Gasteiger partial charge in [0.15, 0.2) is 5.75 Å². The summed E-state index contributed by atoms with van der Waals surface area (Å²) in [4.78, 5) is 20.2. The molecule has 4 nitrogen and oxygen atoms in total. The van der Waals surface area contributed by atoms with E-state index in [9.17, 15) is 4.79 Å². The Balaban J connectivity index is 2.46. The lowest BCUT2D eigenvalue weighted by Gasteiger charge is -2.05. The molecule has 0 atom stereocenters. The van der Waals surface area contributed by atoms with Crippen molar-refractivity contribution in [3.05, 3.63) is 24.3 Å². The smallest absolute Gasteiger partial charge is 0.357 e. The number of carbonyl (C=O) groups excluding carboxylic acids is 1. The highest BCUT2D eigenvalue weighted by Crippen LogP contribution is 2.16. The third-order valence-corrected chi connectivity index (χ3v) is 1.53. The van der Waals surface area contributed by atoms with E-state index in [4.69, 9.17) is 9.99 Å². The van der Waals surface area contributed by atoms with Crippen molar-refractivity contribution < 1.29 is 19.7 Å². The van der Waals surface area contributed by atoms with Gasteiger partial charge in [0.2, 0.25) is 0 Å². The first-order valence-electron chi connectivity index (χ1n) is 4.27. The molecule has 0 aliphatic rings. The second kappa shape index (κ2) is 4.50. The molecule has 0 aliphatic carbocycles. The minimum atomic E-state index is -0.432. The molecule has 76 valence electrons. The predicted octanol–water partition coefficient (Wildman–Crippen LogP) is 1.89. The van der Waals surface area contributed by atoms with Crippen LogP contribution in [0, 0.1) is 5.92 Å². The number of rotatable bonds is 3. The van der Waals surface area contributed by atoms with Crippen LogP contribution in [0.3, 0.4) is 0 Å². The van der Waals surface area contributed by atoms with E-state index in [2.05, 4.69) is 4.89 Å². The zero-order valence-corrected chi connectivity index (χ0v) is 8.06. The van der Waals surface area contributed by atoms with Gasteiger partial charge >= 0.3 is 5.97 Å². The molecule has 0 heterocycles. The third-order valence-electron chi connectivity index (χ3n) is 1.53. The van der Waals surface area contributed by atoms with Gasteiger partial charge in [-0.2, -0.15) is 0 Å². The number of carbonyl (C=O) groups is 1. The van der Waals surface area contributed by atoms with E-state index >= 15 is 0 Å². The van der Waals surface area contributed by atoms with Gasteiger partial charge in [0.05, 0.1) is 5.92 Å². The normalized spacial score (nSPS) is 9.93. The van der Waals surface area contributed by atoms with E-state index in [-0.39, 0.29) is 11.7 Å². The molecule has 1 N–H and O–H groups in total. The molecule has 1 aromatic carbocycles.